The van der Waals surface area contributed by atoms with Crippen molar-refractivity contribution >= 4 is 18.5 Å². The van der Waals surface area contributed by atoms with Crippen LogP contribution >= 0.6 is 12.4 Å². The zero-order valence-corrected chi connectivity index (χ0v) is 18.2. The smallest absolute Gasteiger partial charge is 0.409 e. The molecule has 1 saturated carbocycles. The van der Waals surface area contributed by atoms with Crippen molar-refractivity contribution in [1.82, 2.24) is 9.80 Å². The third kappa shape index (κ3) is 7.76. The number of aliphatic hydroxyl groups is 1. The van der Waals surface area contributed by atoms with Crippen molar-refractivity contribution in [2.75, 3.05) is 45.9 Å². The number of halogens is 1. The van der Waals surface area contributed by atoms with E-state index in [4.69, 9.17) is 9.47 Å². The third-order valence-corrected chi connectivity index (χ3v) is 5.83. The Kier molecular flexibility index (Phi) is 11.0. The average molecular weight is 407 g/mol. The molecule has 7 heteroatoms. The molecule has 4 atom stereocenters. The molecular formula is C20H39ClN2O4. The van der Waals surface area contributed by atoms with Crippen LogP contribution in [-0.4, -0.2) is 79.1 Å². The average Bonchev–Trinajstić information content (AvgIpc) is 2.60. The normalized spacial score (nSPS) is 27.9. The number of aliphatic hydroxyl groups excluding tert-OH is 1. The lowest BCUT2D eigenvalue weighted by molar-refractivity contribution is -0.0752. The molecule has 1 amide bonds. The highest BCUT2D eigenvalue weighted by Gasteiger charge is 2.32. The van der Waals surface area contributed by atoms with Gasteiger partial charge in [0.2, 0.25) is 0 Å². The zero-order valence-electron chi connectivity index (χ0n) is 17.4. The van der Waals surface area contributed by atoms with Crippen molar-refractivity contribution in [2.24, 2.45) is 17.8 Å². The summed E-state index contributed by atoms with van der Waals surface area (Å²) in [6.07, 6.45) is 3.18. The first-order chi connectivity index (χ1) is 12.4. The largest absolute Gasteiger partial charge is 0.450 e. The number of ether oxygens (including phenoxy) is 2. The minimum Gasteiger partial charge on any atom is -0.450 e. The monoisotopic (exact) mass is 406 g/mol. The molecule has 4 unspecified atom stereocenters. The predicted octanol–water partition coefficient (Wildman–Crippen LogP) is 3.02. The molecule has 1 heterocycles. The first-order valence-electron chi connectivity index (χ1n) is 10.3. The SMILES string of the molecule is CCOC(=O)N1CCN(CC(O)COC2CC(C)CCC2C(C)C)CC1.Cl. The Bertz CT molecular complexity index is 430. The topological polar surface area (TPSA) is 62.2 Å². The van der Waals surface area contributed by atoms with Crippen molar-refractivity contribution in [3.8, 4) is 0 Å². The van der Waals surface area contributed by atoms with Crippen molar-refractivity contribution in [2.45, 2.75) is 59.2 Å². The Labute approximate surface area is 171 Å². The quantitative estimate of drug-likeness (QED) is 0.704. The molecule has 0 aromatic rings. The minimum atomic E-state index is -0.478. The molecule has 1 saturated heterocycles. The number of nitrogens with zero attached hydrogens (tertiary/aromatic N) is 2. The van der Waals surface area contributed by atoms with Gasteiger partial charge in [-0.3, -0.25) is 4.90 Å². The van der Waals surface area contributed by atoms with E-state index < -0.39 is 6.10 Å². The Hall–Kier alpha value is -0.560. The van der Waals surface area contributed by atoms with E-state index >= 15 is 0 Å². The van der Waals surface area contributed by atoms with Gasteiger partial charge >= 0.3 is 6.09 Å². The number of rotatable bonds is 7. The number of carbonyl (C=O) groups is 1. The fraction of sp³-hybridized carbons (Fsp3) is 0.950. The standard InChI is InChI=1S/C20H38N2O4.ClH/c1-5-25-20(24)22-10-8-21(9-11-22)13-17(23)14-26-19-12-16(4)6-7-18(19)15(2)3;/h15-19,23H,5-14H2,1-4H3;1H. The molecule has 160 valence electrons. The first kappa shape index (κ1) is 24.5. The second-order valence-corrected chi connectivity index (χ2v) is 8.34. The lowest BCUT2D eigenvalue weighted by atomic mass is 9.75. The fourth-order valence-corrected chi connectivity index (χ4v) is 4.22. The molecule has 27 heavy (non-hydrogen) atoms. The summed E-state index contributed by atoms with van der Waals surface area (Å²) in [5, 5.41) is 10.4. The van der Waals surface area contributed by atoms with E-state index in [0.717, 1.165) is 19.5 Å². The van der Waals surface area contributed by atoms with Gasteiger partial charge in [0.25, 0.3) is 0 Å². The van der Waals surface area contributed by atoms with E-state index in [2.05, 4.69) is 25.7 Å². The van der Waals surface area contributed by atoms with Gasteiger partial charge in [-0.05, 0) is 37.5 Å². The van der Waals surface area contributed by atoms with Gasteiger partial charge in [-0.2, -0.15) is 0 Å². The first-order valence-corrected chi connectivity index (χ1v) is 10.3. The van der Waals surface area contributed by atoms with Crippen LogP contribution in [0.15, 0.2) is 0 Å². The molecule has 0 spiro atoms. The van der Waals surface area contributed by atoms with Gasteiger partial charge in [0, 0.05) is 32.7 Å². The fourth-order valence-electron chi connectivity index (χ4n) is 4.22. The van der Waals surface area contributed by atoms with Crippen LogP contribution in [0.5, 0.6) is 0 Å². The van der Waals surface area contributed by atoms with E-state index in [1.807, 2.05) is 6.92 Å². The molecule has 0 radical (unpaired) electrons. The van der Waals surface area contributed by atoms with Crippen molar-refractivity contribution in [3.63, 3.8) is 0 Å². The zero-order chi connectivity index (χ0) is 19.1. The molecule has 2 aliphatic rings. The van der Waals surface area contributed by atoms with E-state index in [9.17, 15) is 9.90 Å². The highest BCUT2D eigenvalue weighted by Crippen LogP contribution is 2.35. The molecule has 2 fully saturated rings. The number of hydrogen-bond acceptors (Lipinski definition) is 5. The van der Waals surface area contributed by atoms with Crippen molar-refractivity contribution in [1.29, 1.82) is 0 Å². The van der Waals surface area contributed by atoms with Crippen LogP contribution in [0.4, 0.5) is 4.79 Å². The van der Waals surface area contributed by atoms with Gasteiger partial charge in [0.05, 0.1) is 25.4 Å². The Balaban J connectivity index is 0.00000364. The maximum Gasteiger partial charge on any atom is 0.409 e. The van der Waals surface area contributed by atoms with Crippen LogP contribution in [0.1, 0.15) is 47.0 Å². The number of amides is 1. The van der Waals surface area contributed by atoms with Crippen LogP contribution < -0.4 is 0 Å². The number of β-amino-alcohol motifs (C(OH)–C–C–N with tert-alkyl or cyclic N) is 1. The van der Waals surface area contributed by atoms with E-state index in [1.165, 1.54) is 12.8 Å². The lowest BCUT2D eigenvalue weighted by Crippen LogP contribution is -2.51. The summed E-state index contributed by atoms with van der Waals surface area (Å²) < 4.78 is 11.2. The molecule has 1 aliphatic carbocycles. The molecule has 6 nitrogen and oxygen atoms in total. The molecule has 0 aromatic heterocycles. The second kappa shape index (κ2) is 12.1. The Morgan fingerprint density at radius 1 is 1.19 bits per heavy atom. The van der Waals surface area contributed by atoms with Crippen LogP contribution in [0.2, 0.25) is 0 Å². The van der Waals surface area contributed by atoms with Crippen molar-refractivity contribution < 1.29 is 19.4 Å². The second-order valence-electron chi connectivity index (χ2n) is 8.34. The summed E-state index contributed by atoms with van der Waals surface area (Å²) in [5.41, 5.74) is 0. The predicted molar refractivity (Wildman–Crippen MR) is 109 cm³/mol. The minimum absolute atomic E-state index is 0. The van der Waals surface area contributed by atoms with Gasteiger partial charge in [0.15, 0.2) is 0 Å². The van der Waals surface area contributed by atoms with Gasteiger partial charge in [-0.1, -0.05) is 27.2 Å². The Morgan fingerprint density at radius 2 is 1.85 bits per heavy atom. The third-order valence-electron chi connectivity index (χ3n) is 5.83. The molecule has 0 aromatic carbocycles. The summed E-state index contributed by atoms with van der Waals surface area (Å²) in [6, 6.07) is 0. The van der Waals surface area contributed by atoms with E-state index in [0.29, 0.717) is 50.6 Å². The van der Waals surface area contributed by atoms with Crippen LogP contribution in [-0.2, 0) is 9.47 Å². The van der Waals surface area contributed by atoms with Gasteiger partial charge < -0.3 is 19.5 Å². The van der Waals surface area contributed by atoms with Gasteiger partial charge in [-0.25, -0.2) is 4.79 Å². The summed E-state index contributed by atoms with van der Waals surface area (Å²) in [7, 11) is 0. The highest BCUT2D eigenvalue weighted by atomic mass is 35.5. The highest BCUT2D eigenvalue weighted by molar-refractivity contribution is 5.85. The van der Waals surface area contributed by atoms with E-state index in [1.54, 1.807) is 4.90 Å². The number of hydrogen-bond donors (Lipinski definition) is 1. The van der Waals surface area contributed by atoms with Gasteiger partial charge in [-0.15, -0.1) is 12.4 Å². The van der Waals surface area contributed by atoms with Gasteiger partial charge in [0.1, 0.15) is 0 Å². The molecular weight excluding hydrogens is 368 g/mol. The summed E-state index contributed by atoms with van der Waals surface area (Å²) in [5.74, 6) is 1.94. The Morgan fingerprint density at radius 3 is 2.44 bits per heavy atom. The van der Waals surface area contributed by atoms with Crippen LogP contribution in [0, 0.1) is 17.8 Å². The number of carbonyl (C=O) groups excluding carboxylic acids is 1. The van der Waals surface area contributed by atoms with Crippen LogP contribution in [0.3, 0.4) is 0 Å². The summed E-state index contributed by atoms with van der Waals surface area (Å²) in [6.45, 7) is 12.9. The molecule has 0 bridgehead atoms. The van der Waals surface area contributed by atoms with E-state index in [-0.39, 0.29) is 24.6 Å². The van der Waals surface area contributed by atoms with Crippen molar-refractivity contribution in [3.05, 3.63) is 0 Å². The molecule has 1 aliphatic heterocycles. The molecule has 1 N–H and O–H groups in total. The summed E-state index contributed by atoms with van der Waals surface area (Å²) in [4.78, 5) is 15.7. The number of piperazine rings is 1. The maximum atomic E-state index is 11.7. The molecule has 2 rings (SSSR count). The summed E-state index contributed by atoms with van der Waals surface area (Å²) >= 11 is 0. The maximum absolute atomic E-state index is 11.7. The lowest BCUT2D eigenvalue weighted by Gasteiger charge is -2.38. The van der Waals surface area contributed by atoms with Crippen LogP contribution in [0.25, 0.3) is 0 Å².